The van der Waals surface area contributed by atoms with Crippen LogP contribution in [0.2, 0.25) is 0 Å². The first-order valence-corrected chi connectivity index (χ1v) is 3.63. The van der Waals surface area contributed by atoms with E-state index in [1.807, 2.05) is 0 Å². The normalized spacial score (nSPS) is 9.00. The summed E-state index contributed by atoms with van der Waals surface area (Å²) in [6.45, 7) is 0.609. The minimum atomic E-state index is 0. The quantitative estimate of drug-likeness (QED) is 0.443. The first-order valence-electron chi connectivity index (χ1n) is 3.63. The molecular weight excluding hydrogens is 140 g/mol. The number of aliphatic hydroxyl groups excluding tert-OH is 2. The molecule has 0 aliphatic carbocycles. The van der Waals surface area contributed by atoms with Crippen LogP contribution in [-0.2, 0) is 0 Å². The van der Waals surface area contributed by atoms with Gasteiger partial charge in [-0.2, -0.15) is 0 Å². The van der Waals surface area contributed by atoms with Crippen LogP contribution < -0.4 is 0 Å². The monoisotopic (exact) mass is 158 g/mol. The fourth-order valence-corrected chi connectivity index (χ4v) is 0.754. The fraction of sp³-hybridized carbons (Fsp3) is 1.00. The minimum absolute atomic E-state index is 0. The van der Waals surface area contributed by atoms with Gasteiger partial charge in [-0.1, -0.05) is 19.3 Å². The molecule has 60 valence electrons. The summed E-state index contributed by atoms with van der Waals surface area (Å²) in [6.07, 6.45) is 5.14. The topological polar surface area (TPSA) is 40.5 Å². The maximum Gasteiger partial charge on any atom is 2.00 e. The summed E-state index contributed by atoms with van der Waals surface area (Å²) in [5.41, 5.74) is 0. The van der Waals surface area contributed by atoms with Crippen molar-refractivity contribution >= 4 is 23.1 Å². The van der Waals surface area contributed by atoms with Crippen molar-refractivity contribution in [3.63, 3.8) is 0 Å². The predicted molar refractivity (Wildman–Crippen MR) is 45.2 cm³/mol. The molecule has 0 saturated carbocycles. The Labute approximate surface area is 81.8 Å². The second-order valence-corrected chi connectivity index (χ2v) is 2.21. The van der Waals surface area contributed by atoms with E-state index >= 15 is 0 Å². The molecule has 0 unspecified atom stereocenters. The summed E-state index contributed by atoms with van der Waals surface area (Å²) in [5.74, 6) is 0. The van der Waals surface area contributed by atoms with E-state index in [0.717, 1.165) is 32.1 Å². The van der Waals surface area contributed by atoms with Gasteiger partial charge in [0, 0.05) is 13.2 Å². The molecule has 0 radical (unpaired) electrons. The molecule has 0 amide bonds. The first kappa shape index (κ1) is 13.3. The van der Waals surface area contributed by atoms with E-state index in [0.29, 0.717) is 13.2 Å². The molecule has 10 heavy (non-hydrogen) atoms. The number of aliphatic hydroxyl groups is 2. The zero-order valence-corrected chi connectivity index (χ0v) is 7.97. The summed E-state index contributed by atoms with van der Waals surface area (Å²) >= 11 is 0. The zero-order valence-electron chi connectivity index (χ0n) is 8.55. The average Bonchev–Trinajstić information content (AvgIpc) is 1.89. The number of hydrogen-bond acceptors (Lipinski definition) is 2. The van der Waals surface area contributed by atoms with Gasteiger partial charge in [-0.15, -0.1) is 0 Å². The van der Waals surface area contributed by atoms with E-state index in [2.05, 4.69) is 0 Å². The molecular formula is C7H18MgO2. The Balaban J connectivity index is -0.000000107. The van der Waals surface area contributed by atoms with Crippen molar-refractivity contribution in [2.45, 2.75) is 32.1 Å². The number of hydrogen-bond donors (Lipinski definition) is 2. The van der Waals surface area contributed by atoms with Gasteiger partial charge in [0.15, 0.2) is 0 Å². The standard InChI is InChI=1S/C7H16O2.Mg.2H/c8-6-4-2-1-3-5-7-9;;;/h8-9H,1-7H2;;;/q;+2;2*-1. The molecule has 0 aromatic carbocycles. The molecule has 0 spiro atoms. The van der Waals surface area contributed by atoms with E-state index in [-0.39, 0.29) is 25.9 Å². The third-order valence-electron chi connectivity index (χ3n) is 1.32. The Bertz CT molecular complexity index is 52.7. The van der Waals surface area contributed by atoms with E-state index in [4.69, 9.17) is 10.2 Å². The van der Waals surface area contributed by atoms with Gasteiger partial charge in [-0.3, -0.25) is 0 Å². The van der Waals surface area contributed by atoms with Crippen LogP contribution in [0.4, 0.5) is 0 Å². The van der Waals surface area contributed by atoms with Gasteiger partial charge in [0.05, 0.1) is 0 Å². The van der Waals surface area contributed by atoms with Crippen LogP contribution in [0.3, 0.4) is 0 Å². The molecule has 0 atom stereocenters. The molecule has 0 saturated heterocycles. The van der Waals surface area contributed by atoms with Gasteiger partial charge in [0.2, 0.25) is 0 Å². The smallest absolute Gasteiger partial charge is 1.00 e. The van der Waals surface area contributed by atoms with Crippen LogP contribution in [0.15, 0.2) is 0 Å². The second-order valence-electron chi connectivity index (χ2n) is 2.21. The van der Waals surface area contributed by atoms with Gasteiger partial charge in [-0.25, -0.2) is 0 Å². The predicted octanol–water partition coefficient (Wildman–Crippen LogP) is 0.766. The molecule has 0 bridgehead atoms. The van der Waals surface area contributed by atoms with E-state index < -0.39 is 0 Å². The van der Waals surface area contributed by atoms with Crippen LogP contribution >= 0.6 is 0 Å². The van der Waals surface area contributed by atoms with Gasteiger partial charge in [0.25, 0.3) is 0 Å². The third-order valence-corrected chi connectivity index (χ3v) is 1.32. The number of rotatable bonds is 6. The first-order chi connectivity index (χ1) is 4.41. The van der Waals surface area contributed by atoms with Crippen molar-refractivity contribution in [3.8, 4) is 0 Å². The Morgan fingerprint density at radius 2 is 1.00 bits per heavy atom. The Kier molecular flexibility index (Phi) is 16.4. The third kappa shape index (κ3) is 11.5. The van der Waals surface area contributed by atoms with Gasteiger partial charge >= 0.3 is 23.1 Å². The van der Waals surface area contributed by atoms with Crippen LogP contribution in [0, 0.1) is 0 Å². The fourth-order valence-electron chi connectivity index (χ4n) is 0.754. The molecule has 2 nitrogen and oxygen atoms in total. The Morgan fingerprint density at radius 1 is 0.700 bits per heavy atom. The van der Waals surface area contributed by atoms with Gasteiger partial charge < -0.3 is 13.1 Å². The molecule has 0 aromatic rings. The summed E-state index contributed by atoms with van der Waals surface area (Å²) in [7, 11) is 0. The van der Waals surface area contributed by atoms with Gasteiger partial charge in [0.1, 0.15) is 0 Å². The van der Waals surface area contributed by atoms with Gasteiger partial charge in [-0.05, 0) is 12.8 Å². The molecule has 0 aromatic heterocycles. The summed E-state index contributed by atoms with van der Waals surface area (Å²) in [4.78, 5) is 0. The average molecular weight is 159 g/mol. The molecule has 0 aliphatic heterocycles. The van der Waals surface area contributed by atoms with E-state index in [9.17, 15) is 0 Å². The molecule has 3 heteroatoms. The molecule has 0 rings (SSSR count). The molecule has 0 fully saturated rings. The summed E-state index contributed by atoms with van der Waals surface area (Å²) < 4.78 is 0. The van der Waals surface area contributed by atoms with E-state index in [1.165, 1.54) is 0 Å². The van der Waals surface area contributed by atoms with Crippen molar-refractivity contribution in [3.05, 3.63) is 0 Å². The molecule has 0 heterocycles. The van der Waals surface area contributed by atoms with E-state index in [1.54, 1.807) is 0 Å². The largest absolute Gasteiger partial charge is 2.00 e. The summed E-state index contributed by atoms with van der Waals surface area (Å²) in [6, 6.07) is 0. The van der Waals surface area contributed by atoms with Crippen molar-refractivity contribution in [2.24, 2.45) is 0 Å². The van der Waals surface area contributed by atoms with Crippen molar-refractivity contribution < 1.29 is 13.1 Å². The van der Waals surface area contributed by atoms with Crippen molar-refractivity contribution in [1.82, 2.24) is 0 Å². The Morgan fingerprint density at radius 3 is 1.30 bits per heavy atom. The molecule has 0 aliphatic rings. The zero-order chi connectivity index (χ0) is 6.95. The van der Waals surface area contributed by atoms with Crippen LogP contribution in [0.1, 0.15) is 35.0 Å². The second kappa shape index (κ2) is 12.4. The maximum atomic E-state index is 8.37. The SMILES string of the molecule is OCCCCCCCO.[H-].[H-].[Mg+2]. The van der Waals surface area contributed by atoms with Crippen LogP contribution in [0.5, 0.6) is 0 Å². The Hall–Kier alpha value is 0.686. The summed E-state index contributed by atoms with van der Waals surface area (Å²) in [5, 5.41) is 16.7. The van der Waals surface area contributed by atoms with Crippen LogP contribution in [0.25, 0.3) is 0 Å². The number of unbranched alkanes of at least 4 members (excludes halogenated alkanes) is 4. The van der Waals surface area contributed by atoms with Crippen LogP contribution in [-0.4, -0.2) is 46.5 Å². The van der Waals surface area contributed by atoms with Crippen molar-refractivity contribution in [1.29, 1.82) is 0 Å². The maximum absolute atomic E-state index is 8.37. The van der Waals surface area contributed by atoms with Crippen molar-refractivity contribution in [2.75, 3.05) is 13.2 Å². The minimum Gasteiger partial charge on any atom is -1.00 e. The molecule has 2 N–H and O–H groups in total.